The van der Waals surface area contributed by atoms with E-state index >= 15 is 0 Å². The van der Waals surface area contributed by atoms with Crippen LogP contribution < -0.4 is 23.8 Å². The zero-order valence-corrected chi connectivity index (χ0v) is 21.4. The number of nitrogens with one attached hydrogen (secondary N) is 1. The van der Waals surface area contributed by atoms with E-state index in [0.717, 1.165) is 8.78 Å². The number of ether oxygens (including phenoxy) is 3. The van der Waals surface area contributed by atoms with Crippen LogP contribution in [0.3, 0.4) is 0 Å². The van der Waals surface area contributed by atoms with Crippen molar-refractivity contribution in [3.63, 3.8) is 0 Å². The van der Waals surface area contributed by atoms with E-state index in [4.69, 9.17) is 14.2 Å². The van der Waals surface area contributed by atoms with Crippen molar-refractivity contribution in [2.24, 2.45) is 0 Å². The fourth-order valence-corrected chi connectivity index (χ4v) is 4.97. The lowest BCUT2D eigenvalue weighted by Gasteiger charge is -2.24. The number of carbonyl (C=O) groups is 1. The molecule has 3 rings (SSSR count). The van der Waals surface area contributed by atoms with Crippen molar-refractivity contribution in [3.05, 3.63) is 76.8 Å². The van der Waals surface area contributed by atoms with E-state index in [1.54, 1.807) is 54.6 Å². The molecule has 180 valence electrons. The van der Waals surface area contributed by atoms with Crippen molar-refractivity contribution >= 4 is 37.5 Å². The SMILES string of the molecule is COc1cc(CNC(=O)CN(c2ccc(Br)cc2)S(=O)(=O)c2ccccc2)cc(OC)c1OC. The van der Waals surface area contributed by atoms with Crippen LogP contribution in [0.15, 0.2) is 76.1 Å². The number of hydrogen-bond donors (Lipinski definition) is 1. The monoisotopic (exact) mass is 548 g/mol. The maximum atomic E-state index is 13.4. The van der Waals surface area contributed by atoms with Gasteiger partial charge >= 0.3 is 0 Å². The van der Waals surface area contributed by atoms with Gasteiger partial charge in [-0.2, -0.15) is 0 Å². The average molecular weight is 549 g/mol. The molecular weight excluding hydrogens is 524 g/mol. The Kier molecular flexibility index (Phi) is 8.41. The normalized spacial score (nSPS) is 10.9. The number of nitrogens with zero attached hydrogens (tertiary/aromatic N) is 1. The highest BCUT2D eigenvalue weighted by atomic mass is 79.9. The van der Waals surface area contributed by atoms with Crippen LogP contribution in [0.2, 0.25) is 0 Å². The van der Waals surface area contributed by atoms with Crippen LogP contribution in [0.4, 0.5) is 5.69 Å². The minimum absolute atomic E-state index is 0.0929. The number of anilines is 1. The number of benzene rings is 3. The summed E-state index contributed by atoms with van der Waals surface area (Å²) in [5.74, 6) is 0.870. The summed E-state index contributed by atoms with van der Waals surface area (Å²) in [7, 11) is 0.539. The average Bonchev–Trinajstić information content (AvgIpc) is 2.86. The van der Waals surface area contributed by atoms with E-state index in [9.17, 15) is 13.2 Å². The van der Waals surface area contributed by atoms with Gasteiger partial charge in [0.05, 0.1) is 31.9 Å². The second-order valence-electron chi connectivity index (χ2n) is 7.11. The molecule has 0 aliphatic rings. The van der Waals surface area contributed by atoms with Crippen molar-refractivity contribution in [1.29, 1.82) is 0 Å². The molecule has 1 amide bonds. The van der Waals surface area contributed by atoms with E-state index < -0.39 is 22.5 Å². The number of rotatable bonds is 10. The molecule has 0 aliphatic heterocycles. The zero-order chi connectivity index (χ0) is 24.7. The zero-order valence-electron chi connectivity index (χ0n) is 18.9. The van der Waals surface area contributed by atoms with Crippen LogP contribution in [-0.2, 0) is 21.4 Å². The third kappa shape index (κ3) is 5.81. The van der Waals surface area contributed by atoms with Gasteiger partial charge in [-0.25, -0.2) is 8.42 Å². The molecule has 0 saturated heterocycles. The number of halogens is 1. The topological polar surface area (TPSA) is 94.2 Å². The Morgan fingerprint density at radius 1 is 0.912 bits per heavy atom. The molecule has 8 nitrogen and oxygen atoms in total. The van der Waals surface area contributed by atoms with Crippen LogP contribution in [0.1, 0.15) is 5.56 Å². The van der Waals surface area contributed by atoms with Gasteiger partial charge in [-0.15, -0.1) is 0 Å². The third-order valence-electron chi connectivity index (χ3n) is 4.95. The van der Waals surface area contributed by atoms with Gasteiger partial charge in [-0.3, -0.25) is 9.10 Å². The summed E-state index contributed by atoms with van der Waals surface area (Å²) in [5.41, 5.74) is 1.07. The molecule has 3 aromatic rings. The molecule has 0 unspecified atom stereocenters. The molecule has 3 aromatic carbocycles. The summed E-state index contributed by atoms with van der Waals surface area (Å²) in [6, 6.07) is 18.1. The molecule has 34 heavy (non-hydrogen) atoms. The highest BCUT2D eigenvalue weighted by Crippen LogP contribution is 2.38. The minimum atomic E-state index is -3.97. The van der Waals surface area contributed by atoms with Crippen molar-refractivity contribution in [2.75, 3.05) is 32.2 Å². The Bertz CT molecular complexity index is 1210. The molecule has 0 saturated carbocycles. The fraction of sp³-hybridized carbons (Fsp3) is 0.208. The molecule has 10 heteroatoms. The first-order valence-electron chi connectivity index (χ1n) is 10.2. The van der Waals surface area contributed by atoms with Gasteiger partial charge < -0.3 is 19.5 Å². The lowest BCUT2D eigenvalue weighted by atomic mass is 10.1. The predicted molar refractivity (Wildman–Crippen MR) is 133 cm³/mol. The quantitative estimate of drug-likeness (QED) is 0.411. The Labute approximate surface area is 207 Å². The minimum Gasteiger partial charge on any atom is -0.493 e. The molecule has 0 spiro atoms. The highest BCUT2D eigenvalue weighted by Gasteiger charge is 2.27. The summed E-state index contributed by atoms with van der Waals surface area (Å²) in [4.78, 5) is 13.0. The molecule has 0 bridgehead atoms. The van der Waals surface area contributed by atoms with Gasteiger partial charge in [0.15, 0.2) is 11.5 Å². The Morgan fingerprint density at radius 2 is 1.50 bits per heavy atom. The molecular formula is C24H25BrN2O6S. The maximum absolute atomic E-state index is 13.4. The molecule has 1 N–H and O–H groups in total. The molecule has 0 atom stereocenters. The van der Waals surface area contributed by atoms with Crippen LogP contribution in [0.25, 0.3) is 0 Å². The smallest absolute Gasteiger partial charge is 0.264 e. The number of methoxy groups -OCH3 is 3. The van der Waals surface area contributed by atoms with E-state index in [1.165, 1.54) is 33.5 Å². The standard InChI is InChI=1S/C24H25BrN2O6S/c1-31-21-13-17(14-22(32-2)24(21)33-3)15-26-23(28)16-27(19-11-9-18(25)10-12-19)34(29,30)20-7-5-4-6-8-20/h4-14H,15-16H2,1-3H3,(H,26,28). The largest absolute Gasteiger partial charge is 0.493 e. The van der Waals surface area contributed by atoms with Crippen molar-refractivity contribution in [1.82, 2.24) is 5.32 Å². The first-order chi connectivity index (χ1) is 16.3. The van der Waals surface area contributed by atoms with Gasteiger partial charge in [0.25, 0.3) is 10.0 Å². The fourth-order valence-electron chi connectivity index (χ4n) is 3.27. The van der Waals surface area contributed by atoms with Crippen molar-refractivity contribution in [3.8, 4) is 17.2 Å². The van der Waals surface area contributed by atoms with Gasteiger partial charge in [0.2, 0.25) is 11.7 Å². The lowest BCUT2D eigenvalue weighted by molar-refractivity contribution is -0.119. The first kappa shape index (κ1) is 25.4. The summed E-state index contributed by atoms with van der Waals surface area (Å²) in [6.07, 6.45) is 0. The highest BCUT2D eigenvalue weighted by molar-refractivity contribution is 9.10. The molecule has 0 radical (unpaired) electrons. The van der Waals surface area contributed by atoms with Crippen molar-refractivity contribution < 1.29 is 27.4 Å². The van der Waals surface area contributed by atoms with Crippen molar-refractivity contribution in [2.45, 2.75) is 11.4 Å². The maximum Gasteiger partial charge on any atom is 0.264 e. The summed E-state index contributed by atoms with van der Waals surface area (Å²) in [5, 5.41) is 2.77. The van der Waals surface area contributed by atoms with Crippen LogP contribution in [0.5, 0.6) is 17.2 Å². The van der Waals surface area contributed by atoms with Crippen LogP contribution in [0, 0.1) is 0 Å². The van der Waals surface area contributed by atoms with Gasteiger partial charge in [0, 0.05) is 11.0 Å². The van der Waals surface area contributed by atoms with Gasteiger partial charge in [0.1, 0.15) is 6.54 Å². The summed E-state index contributed by atoms with van der Waals surface area (Å²) >= 11 is 3.35. The Hall–Kier alpha value is -3.24. The number of hydrogen-bond acceptors (Lipinski definition) is 6. The third-order valence-corrected chi connectivity index (χ3v) is 7.26. The second-order valence-corrected chi connectivity index (χ2v) is 9.89. The number of carbonyl (C=O) groups excluding carboxylic acids is 1. The first-order valence-corrected chi connectivity index (χ1v) is 12.4. The second kappa shape index (κ2) is 11.3. The summed E-state index contributed by atoms with van der Waals surface area (Å²) < 4.78 is 44.6. The Balaban J connectivity index is 1.84. The number of sulfonamides is 1. The van der Waals surface area contributed by atoms with E-state index in [-0.39, 0.29) is 11.4 Å². The van der Waals surface area contributed by atoms with Gasteiger partial charge in [-0.05, 0) is 54.1 Å². The van der Waals surface area contributed by atoms with Crippen LogP contribution in [-0.4, -0.2) is 42.2 Å². The molecule has 0 aromatic heterocycles. The predicted octanol–water partition coefficient (Wildman–Crippen LogP) is 3.99. The van der Waals surface area contributed by atoms with Crippen LogP contribution >= 0.6 is 15.9 Å². The van der Waals surface area contributed by atoms with E-state index in [2.05, 4.69) is 21.2 Å². The van der Waals surface area contributed by atoms with E-state index in [0.29, 0.717) is 28.5 Å². The van der Waals surface area contributed by atoms with E-state index in [1.807, 2.05) is 0 Å². The molecule has 0 aliphatic carbocycles. The Morgan fingerprint density at radius 3 is 2.03 bits per heavy atom. The lowest BCUT2D eigenvalue weighted by Crippen LogP contribution is -2.40. The molecule has 0 fully saturated rings. The number of amides is 1. The summed E-state index contributed by atoms with van der Waals surface area (Å²) in [6.45, 7) is -0.265. The van der Waals surface area contributed by atoms with Gasteiger partial charge in [-0.1, -0.05) is 34.1 Å². The molecule has 0 heterocycles.